The molecule has 2 aliphatic rings. The summed E-state index contributed by atoms with van der Waals surface area (Å²) in [5.74, 6) is 3.05. The van der Waals surface area contributed by atoms with Gasteiger partial charge in [0, 0.05) is 23.0 Å². The number of thioether (sulfide) groups is 1. The lowest BCUT2D eigenvalue weighted by Crippen LogP contribution is -2.41. The van der Waals surface area contributed by atoms with Crippen LogP contribution in [0.2, 0.25) is 0 Å². The molecule has 0 aliphatic heterocycles. The monoisotopic (exact) mass is 373 g/mol. The molecule has 140 valence electrons. The zero-order chi connectivity index (χ0) is 18.4. The number of amides is 1. The Hall–Kier alpha value is -1.63. The van der Waals surface area contributed by atoms with Crippen LogP contribution in [0.1, 0.15) is 49.6 Å². The van der Waals surface area contributed by atoms with E-state index in [1.54, 1.807) is 4.52 Å². The molecule has 0 spiro atoms. The van der Waals surface area contributed by atoms with Gasteiger partial charge in [0.05, 0.1) is 6.42 Å². The Bertz CT molecular complexity index is 848. The minimum atomic E-state index is 0.0813. The van der Waals surface area contributed by atoms with Gasteiger partial charge in [-0.1, -0.05) is 18.2 Å². The molecule has 0 radical (unpaired) electrons. The molecule has 26 heavy (non-hydrogen) atoms. The largest absolute Gasteiger partial charge is 0.353 e. The minimum Gasteiger partial charge on any atom is -0.353 e. The van der Waals surface area contributed by atoms with Gasteiger partial charge >= 0.3 is 0 Å². The number of nitrogens with one attached hydrogen (secondary N) is 1. The van der Waals surface area contributed by atoms with E-state index < -0.39 is 0 Å². The molecule has 1 N–H and O–H groups in total. The minimum absolute atomic E-state index is 0.0813. The van der Waals surface area contributed by atoms with Gasteiger partial charge in [-0.05, 0) is 64.0 Å². The van der Waals surface area contributed by atoms with Gasteiger partial charge in [0.25, 0.3) is 5.78 Å². The van der Waals surface area contributed by atoms with Crippen LogP contribution in [0.3, 0.4) is 0 Å². The maximum atomic E-state index is 12.7. The van der Waals surface area contributed by atoms with Crippen molar-refractivity contribution in [3.63, 3.8) is 0 Å². The van der Waals surface area contributed by atoms with Crippen LogP contribution in [0, 0.1) is 31.6 Å². The molecule has 2 saturated carbocycles. The van der Waals surface area contributed by atoms with Crippen molar-refractivity contribution in [2.75, 3.05) is 6.26 Å². The molecule has 4 rings (SSSR count). The van der Waals surface area contributed by atoms with Crippen LogP contribution in [0.25, 0.3) is 5.78 Å². The summed E-state index contributed by atoms with van der Waals surface area (Å²) >= 11 is 1.49. The molecule has 6 nitrogen and oxygen atoms in total. The number of aryl methyl sites for hydroxylation is 2. The van der Waals surface area contributed by atoms with Gasteiger partial charge < -0.3 is 5.32 Å². The van der Waals surface area contributed by atoms with Crippen LogP contribution in [-0.4, -0.2) is 37.8 Å². The highest BCUT2D eigenvalue weighted by atomic mass is 32.2. The van der Waals surface area contributed by atoms with Crippen LogP contribution >= 0.6 is 11.8 Å². The van der Waals surface area contributed by atoms with E-state index in [2.05, 4.69) is 27.3 Å². The Morgan fingerprint density at radius 3 is 2.77 bits per heavy atom. The average Bonchev–Trinajstić information content (AvgIpc) is 3.33. The van der Waals surface area contributed by atoms with E-state index in [1.807, 2.05) is 20.1 Å². The van der Waals surface area contributed by atoms with Crippen molar-refractivity contribution in [1.82, 2.24) is 24.9 Å². The molecule has 2 heterocycles. The van der Waals surface area contributed by atoms with Crippen molar-refractivity contribution >= 4 is 23.4 Å². The molecule has 2 fully saturated rings. The van der Waals surface area contributed by atoms with Gasteiger partial charge in [0.2, 0.25) is 11.1 Å². The molecule has 2 bridgehead atoms. The molecular formula is C19H27N5OS. The lowest BCUT2D eigenvalue weighted by Gasteiger charge is -2.28. The second kappa shape index (κ2) is 6.83. The summed E-state index contributed by atoms with van der Waals surface area (Å²) in [7, 11) is 0. The van der Waals surface area contributed by atoms with Crippen LogP contribution in [0.5, 0.6) is 0 Å². The SMILES string of the molecule is CSc1nc2nc(C)c(CC(=O)NC(C)C3CC4CCC3C4)c(C)n2n1. The quantitative estimate of drug-likeness (QED) is 0.816. The summed E-state index contributed by atoms with van der Waals surface area (Å²) in [5.41, 5.74) is 2.76. The zero-order valence-corrected chi connectivity index (χ0v) is 16.8. The van der Waals surface area contributed by atoms with Gasteiger partial charge in [-0.15, -0.1) is 5.10 Å². The second-order valence-electron chi connectivity index (χ2n) is 7.94. The van der Waals surface area contributed by atoms with E-state index in [0.29, 0.717) is 23.3 Å². The molecule has 1 amide bonds. The van der Waals surface area contributed by atoms with Gasteiger partial charge in [-0.3, -0.25) is 4.79 Å². The zero-order valence-electron chi connectivity index (χ0n) is 16.0. The van der Waals surface area contributed by atoms with E-state index in [1.165, 1.54) is 37.4 Å². The lowest BCUT2D eigenvalue weighted by molar-refractivity contribution is -0.121. The number of rotatable bonds is 5. The Labute approximate surface area is 158 Å². The van der Waals surface area contributed by atoms with E-state index in [9.17, 15) is 4.79 Å². The fraction of sp³-hybridized carbons (Fsp3) is 0.684. The lowest BCUT2D eigenvalue weighted by atomic mass is 9.84. The standard InChI is InChI=1S/C19H27N5OS/c1-10-15(12(3)24-18(21-10)22-19(23-24)26-4)9-17(25)20-11(2)16-8-13-5-6-14(16)7-13/h11,13-14,16H,5-9H2,1-4H3,(H,20,25). The van der Waals surface area contributed by atoms with E-state index >= 15 is 0 Å². The first-order chi connectivity index (χ1) is 12.5. The fourth-order valence-electron chi connectivity index (χ4n) is 5.01. The number of nitrogens with zero attached hydrogens (tertiary/aromatic N) is 4. The van der Waals surface area contributed by atoms with Gasteiger partial charge in [-0.2, -0.15) is 4.98 Å². The van der Waals surface area contributed by atoms with Crippen LogP contribution < -0.4 is 5.32 Å². The number of hydrogen-bond acceptors (Lipinski definition) is 5. The summed E-state index contributed by atoms with van der Waals surface area (Å²) in [6, 6.07) is 0.254. The van der Waals surface area contributed by atoms with E-state index in [0.717, 1.165) is 28.8 Å². The number of aromatic nitrogens is 4. The number of fused-ring (bicyclic) bond motifs is 3. The van der Waals surface area contributed by atoms with Crippen molar-refractivity contribution in [2.45, 2.75) is 64.1 Å². The number of carbonyl (C=O) groups excluding carboxylic acids is 1. The summed E-state index contributed by atoms with van der Waals surface area (Å²) < 4.78 is 1.75. The van der Waals surface area contributed by atoms with Crippen molar-refractivity contribution in [2.24, 2.45) is 17.8 Å². The topological polar surface area (TPSA) is 72.2 Å². The first-order valence-corrected chi connectivity index (χ1v) is 10.7. The first-order valence-electron chi connectivity index (χ1n) is 9.52. The fourth-order valence-corrected chi connectivity index (χ4v) is 5.35. The number of carbonyl (C=O) groups is 1. The van der Waals surface area contributed by atoms with Crippen LogP contribution in [0.4, 0.5) is 0 Å². The van der Waals surface area contributed by atoms with E-state index in [-0.39, 0.29) is 11.9 Å². The normalized spacial score (nSPS) is 25.8. The van der Waals surface area contributed by atoms with Crippen molar-refractivity contribution in [1.29, 1.82) is 0 Å². The molecular weight excluding hydrogens is 346 g/mol. The summed E-state index contributed by atoms with van der Waals surface area (Å²) in [6.07, 6.45) is 7.69. The maximum Gasteiger partial charge on any atom is 0.253 e. The third-order valence-corrected chi connectivity index (χ3v) is 6.91. The third kappa shape index (κ3) is 3.10. The maximum absolute atomic E-state index is 12.7. The molecule has 4 unspecified atom stereocenters. The highest BCUT2D eigenvalue weighted by Gasteiger charge is 2.42. The third-order valence-electron chi connectivity index (χ3n) is 6.37. The molecule has 0 aromatic carbocycles. The van der Waals surface area contributed by atoms with Crippen LogP contribution in [0.15, 0.2) is 5.16 Å². The molecule has 2 aromatic rings. The first kappa shape index (κ1) is 17.8. The van der Waals surface area contributed by atoms with Crippen molar-refractivity contribution in [3.05, 3.63) is 17.0 Å². The molecule has 2 aromatic heterocycles. The second-order valence-corrected chi connectivity index (χ2v) is 8.72. The summed E-state index contributed by atoms with van der Waals surface area (Å²) in [4.78, 5) is 21.6. The van der Waals surface area contributed by atoms with E-state index in [4.69, 9.17) is 0 Å². The average molecular weight is 374 g/mol. The predicted octanol–water partition coefficient (Wildman–Crippen LogP) is 2.95. The highest BCUT2D eigenvalue weighted by Crippen LogP contribution is 2.49. The van der Waals surface area contributed by atoms with Gasteiger partial charge in [0.15, 0.2) is 0 Å². The van der Waals surface area contributed by atoms with Gasteiger partial charge in [-0.25, -0.2) is 9.50 Å². The van der Waals surface area contributed by atoms with Crippen molar-refractivity contribution < 1.29 is 4.79 Å². The smallest absolute Gasteiger partial charge is 0.253 e. The Kier molecular flexibility index (Phi) is 4.67. The summed E-state index contributed by atoms with van der Waals surface area (Å²) in [5, 5.41) is 8.42. The predicted molar refractivity (Wildman–Crippen MR) is 102 cm³/mol. The molecule has 7 heteroatoms. The molecule has 4 atom stereocenters. The number of hydrogen-bond donors (Lipinski definition) is 1. The molecule has 2 aliphatic carbocycles. The Balaban J connectivity index is 1.48. The van der Waals surface area contributed by atoms with Crippen molar-refractivity contribution in [3.8, 4) is 0 Å². The summed E-state index contributed by atoms with van der Waals surface area (Å²) in [6.45, 7) is 6.11. The Morgan fingerprint density at radius 2 is 2.12 bits per heavy atom. The highest BCUT2D eigenvalue weighted by molar-refractivity contribution is 7.98. The van der Waals surface area contributed by atoms with Crippen LogP contribution in [-0.2, 0) is 11.2 Å². The Morgan fingerprint density at radius 1 is 1.31 bits per heavy atom. The van der Waals surface area contributed by atoms with Gasteiger partial charge in [0.1, 0.15) is 0 Å². The molecule has 0 saturated heterocycles.